The molecule has 23 heavy (non-hydrogen) atoms. The van der Waals surface area contributed by atoms with Gasteiger partial charge in [0.1, 0.15) is 12.1 Å². The van der Waals surface area contributed by atoms with Gasteiger partial charge in [-0.15, -0.1) is 0 Å². The van der Waals surface area contributed by atoms with Crippen LogP contribution in [0.25, 0.3) is 0 Å². The van der Waals surface area contributed by atoms with Crippen molar-refractivity contribution in [3.05, 3.63) is 24.5 Å². The number of nitrogens with one attached hydrogen (secondary N) is 1. The van der Waals surface area contributed by atoms with Crippen LogP contribution in [-0.4, -0.2) is 51.8 Å². The van der Waals surface area contributed by atoms with E-state index in [1.54, 1.807) is 25.4 Å². The third-order valence-electron chi connectivity index (χ3n) is 4.73. The SMILES string of the molecule is CN1C(=O)N(CC(=O)Nc2cccnc2)C(=O)C12CCCCC2. The topological polar surface area (TPSA) is 82.6 Å². The fourth-order valence-corrected chi connectivity index (χ4v) is 3.45. The van der Waals surface area contributed by atoms with Crippen LogP contribution in [0.1, 0.15) is 32.1 Å². The summed E-state index contributed by atoms with van der Waals surface area (Å²) in [4.78, 5) is 43.8. The second kappa shape index (κ2) is 5.98. The maximum atomic E-state index is 12.8. The van der Waals surface area contributed by atoms with Crippen LogP contribution < -0.4 is 5.32 Å². The second-order valence-corrected chi connectivity index (χ2v) is 6.12. The van der Waals surface area contributed by atoms with Gasteiger partial charge >= 0.3 is 6.03 Å². The number of anilines is 1. The normalized spacial score (nSPS) is 20.2. The minimum absolute atomic E-state index is 0.244. The molecule has 122 valence electrons. The van der Waals surface area contributed by atoms with E-state index >= 15 is 0 Å². The van der Waals surface area contributed by atoms with Crippen molar-refractivity contribution in [2.75, 3.05) is 18.9 Å². The smallest absolute Gasteiger partial charge is 0.323 e. The fourth-order valence-electron chi connectivity index (χ4n) is 3.45. The van der Waals surface area contributed by atoms with Gasteiger partial charge in [-0.1, -0.05) is 19.3 Å². The van der Waals surface area contributed by atoms with Gasteiger partial charge in [0.15, 0.2) is 0 Å². The van der Waals surface area contributed by atoms with Crippen LogP contribution in [0.3, 0.4) is 0 Å². The summed E-state index contributed by atoms with van der Waals surface area (Å²) in [6, 6.07) is 3.01. The van der Waals surface area contributed by atoms with Crippen LogP contribution >= 0.6 is 0 Å². The maximum Gasteiger partial charge on any atom is 0.327 e. The molecule has 0 bridgehead atoms. The Labute approximate surface area is 134 Å². The highest BCUT2D eigenvalue weighted by Gasteiger charge is 2.55. The minimum Gasteiger partial charge on any atom is -0.323 e. The molecule has 0 aromatic carbocycles. The predicted octanol–water partition coefficient (Wildman–Crippen LogP) is 1.62. The molecule has 1 aromatic rings. The first-order valence-electron chi connectivity index (χ1n) is 7.84. The van der Waals surface area contributed by atoms with Crippen molar-refractivity contribution >= 4 is 23.5 Å². The average molecular weight is 316 g/mol. The summed E-state index contributed by atoms with van der Waals surface area (Å²) in [7, 11) is 1.66. The quantitative estimate of drug-likeness (QED) is 0.859. The maximum absolute atomic E-state index is 12.8. The molecule has 0 atom stereocenters. The van der Waals surface area contributed by atoms with E-state index in [0.717, 1.165) is 24.2 Å². The molecule has 2 fully saturated rings. The first kappa shape index (κ1) is 15.5. The van der Waals surface area contributed by atoms with Crippen molar-refractivity contribution < 1.29 is 14.4 Å². The molecular weight excluding hydrogens is 296 g/mol. The van der Waals surface area contributed by atoms with E-state index in [-0.39, 0.29) is 12.5 Å². The minimum atomic E-state index is -0.746. The molecule has 1 aliphatic heterocycles. The van der Waals surface area contributed by atoms with Gasteiger partial charge in [-0.2, -0.15) is 0 Å². The molecular formula is C16H20N4O3. The van der Waals surface area contributed by atoms with Gasteiger partial charge in [0.2, 0.25) is 5.91 Å². The van der Waals surface area contributed by atoms with Crippen molar-refractivity contribution in [3.8, 4) is 0 Å². The van der Waals surface area contributed by atoms with E-state index in [2.05, 4.69) is 10.3 Å². The molecule has 2 heterocycles. The van der Waals surface area contributed by atoms with Crippen LogP contribution in [-0.2, 0) is 9.59 Å². The molecule has 3 rings (SSSR count). The number of imide groups is 1. The molecule has 2 aliphatic rings. The number of amides is 4. The number of likely N-dealkylation sites (N-methyl/N-ethyl adjacent to an activating group) is 1. The number of urea groups is 1. The molecule has 1 saturated carbocycles. The van der Waals surface area contributed by atoms with E-state index < -0.39 is 17.5 Å². The number of hydrogen-bond acceptors (Lipinski definition) is 4. The van der Waals surface area contributed by atoms with Crippen LogP contribution in [0.5, 0.6) is 0 Å². The lowest BCUT2D eigenvalue weighted by atomic mass is 9.81. The highest BCUT2D eigenvalue weighted by Crippen LogP contribution is 2.39. The standard InChI is InChI=1S/C16H20N4O3/c1-19-15(23)20(14(22)16(19)7-3-2-4-8-16)11-13(21)18-12-6-5-9-17-10-12/h5-6,9-10H,2-4,7-8,11H2,1H3,(H,18,21). The van der Waals surface area contributed by atoms with Gasteiger partial charge in [-0.05, 0) is 25.0 Å². The number of hydrogen-bond donors (Lipinski definition) is 1. The third-order valence-corrected chi connectivity index (χ3v) is 4.73. The fraction of sp³-hybridized carbons (Fsp3) is 0.500. The lowest BCUT2D eigenvalue weighted by Crippen LogP contribution is -2.49. The molecule has 7 nitrogen and oxygen atoms in total. The van der Waals surface area contributed by atoms with Crippen LogP contribution in [0, 0.1) is 0 Å². The van der Waals surface area contributed by atoms with E-state index in [9.17, 15) is 14.4 Å². The molecule has 7 heteroatoms. The molecule has 1 N–H and O–H groups in total. The van der Waals surface area contributed by atoms with Gasteiger partial charge in [-0.3, -0.25) is 19.5 Å². The summed E-state index contributed by atoms with van der Waals surface area (Å²) in [5.41, 5.74) is -0.207. The van der Waals surface area contributed by atoms with E-state index in [1.165, 1.54) is 11.1 Å². The number of carbonyl (C=O) groups excluding carboxylic acids is 3. The lowest BCUT2D eigenvalue weighted by Gasteiger charge is -2.35. The van der Waals surface area contributed by atoms with Crippen LogP contribution in [0.2, 0.25) is 0 Å². The van der Waals surface area contributed by atoms with Crippen molar-refractivity contribution in [2.24, 2.45) is 0 Å². The Morgan fingerprint density at radius 1 is 1.30 bits per heavy atom. The molecule has 0 unspecified atom stereocenters. The Morgan fingerprint density at radius 3 is 2.70 bits per heavy atom. The number of carbonyl (C=O) groups is 3. The number of nitrogens with zero attached hydrogens (tertiary/aromatic N) is 3. The highest BCUT2D eigenvalue weighted by molar-refractivity contribution is 6.10. The van der Waals surface area contributed by atoms with Gasteiger partial charge < -0.3 is 10.2 Å². The Morgan fingerprint density at radius 2 is 2.04 bits per heavy atom. The zero-order valence-corrected chi connectivity index (χ0v) is 13.1. The summed E-state index contributed by atoms with van der Waals surface area (Å²) < 4.78 is 0. The molecule has 0 radical (unpaired) electrons. The summed E-state index contributed by atoms with van der Waals surface area (Å²) in [5, 5.41) is 2.65. The number of aromatic nitrogens is 1. The zero-order chi connectivity index (χ0) is 16.4. The Bertz CT molecular complexity index is 625. The molecule has 1 saturated heterocycles. The van der Waals surface area contributed by atoms with Gasteiger partial charge in [0.05, 0.1) is 11.9 Å². The summed E-state index contributed by atoms with van der Waals surface area (Å²) in [6.07, 6.45) is 7.41. The van der Waals surface area contributed by atoms with E-state index in [4.69, 9.17) is 0 Å². The van der Waals surface area contributed by atoms with E-state index in [0.29, 0.717) is 18.5 Å². The van der Waals surface area contributed by atoms with Gasteiger partial charge in [0, 0.05) is 13.2 Å². The summed E-state index contributed by atoms with van der Waals surface area (Å²) in [5.74, 6) is -0.646. The monoisotopic (exact) mass is 316 g/mol. The number of pyridine rings is 1. The Balaban J connectivity index is 1.71. The van der Waals surface area contributed by atoms with Crippen molar-refractivity contribution in [1.82, 2.24) is 14.8 Å². The Hall–Kier alpha value is -2.44. The van der Waals surface area contributed by atoms with Crippen molar-refractivity contribution in [2.45, 2.75) is 37.6 Å². The molecule has 4 amide bonds. The van der Waals surface area contributed by atoms with E-state index in [1.807, 2.05) is 0 Å². The largest absolute Gasteiger partial charge is 0.327 e. The highest BCUT2D eigenvalue weighted by atomic mass is 16.2. The lowest BCUT2D eigenvalue weighted by molar-refractivity contribution is -0.136. The van der Waals surface area contributed by atoms with Crippen LogP contribution in [0.4, 0.5) is 10.5 Å². The zero-order valence-electron chi connectivity index (χ0n) is 13.1. The number of rotatable bonds is 3. The van der Waals surface area contributed by atoms with Gasteiger partial charge in [-0.25, -0.2) is 4.79 Å². The average Bonchev–Trinajstić information content (AvgIpc) is 2.73. The predicted molar refractivity (Wildman–Crippen MR) is 83.6 cm³/mol. The van der Waals surface area contributed by atoms with Gasteiger partial charge in [0.25, 0.3) is 5.91 Å². The summed E-state index contributed by atoms with van der Waals surface area (Å²) >= 11 is 0. The Kier molecular flexibility index (Phi) is 4.02. The summed E-state index contributed by atoms with van der Waals surface area (Å²) in [6.45, 7) is -0.265. The molecule has 1 aromatic heterocycles. The molecule has 1 spiro atoms. The van der Waals surface area contributed by atoms with Crippen molar-refractivity contribution in [1.29, 1.82) is 0 Å². The molecule has 1 aliphatic carbocycles. The second-order valence-electron chi connectivity index (χ2n) is 6.12. The first-order chi connectivity index (χ1) is 11.0. The third kappa shape index (κ3) is 2.67. The van der Waals surface area contributed by atoms with Crippen LogP contribution in [0.15, 0.2) is 24.5 Å². The first-order valence-corrected chi connectivity index (χ1v) is 7.84. The van der Waals surface area contributed by atoms with Crippen molar-refractivity contribution in [3.63, 3.8) is 0 Å².